The molecule has 0 saturated heterocycles. The van der Waals surface area contributed by atoms with Gasteiger partial charge in [-0.2, -0.15) is 0 Å². The van der Waals surface area contributed by atoms with Gasteiger partial charge in [0, 0.05) is 11.9 Å². The Kier molecular flexibility index (Phi) is 4.68. The number of amides is 1. The minimum atomic E-state index is 0.0991. The van der Waals surface area contributed by atoms with E-state index in [9.17, 15) is 4.79 Å². The first-order valence-electron chi connectivity index (χ1n) is 6.11. The van der Waals surface area contributed by atoms with Gasteiger partial charge in [-0.1, -0.05) is 17.7 Å². The van der Waals surface area contributed by atoms with Crippen molar-refractivity contribution >= 4 is 17.7 Å². The van der Waals surface area contributed by atoms with Crippen LogP contribution in [0.5, 0.6) is 0 Å². The maximum Gasteiger partial charge on any atom is 0.233 e. The number of carbonyl (C=O) groups is 1. The summed E-state index contributed by atoms with van der Waals surface area (Å²) in [5.74, 6) is 1.35. The Morgan fingerprint density at radius 3 is 2.63 bits per heavy atom. The number of hydrogen-bond acceptors (Lipinski definition) is 3. The SMILES string of the molecule is Cc1ccc(SCC(=O)N(C)Cc2ccco2)cc1. The molecule has 2 aromatic rings. The third-order valence-corrected chi connectivity index (χ3v) is 3.78. The van der Waals surface area contributed by atoms with Crippen LogP contribution in [0.25, 0.3) is 0 Å². The van der Waals surface area contributed by atoms with Crippen LogP contribution >= 0.6 is 11.8 Å². The molecule has 0 N–H and O–H groups in total. The zero-order chi connectivity index (χ0) is 13.7. The van der Waals surface area contributed by atoms with E-state index in [4.69, 9.17) is 4.42 Å². The molecule has 0 atom stereocenters. The summed E-state index contributed by atoms with van der Waals surface area (Å²) in [6.45, 7) is 2.57. The van der Waals surface area contributed by atoms with E-state index in [1.807, 2.05) is 24.3 Å². The molecule has 4 heteroatoms. The molecule has 19 heavy (non-hydrogen) atoms. The molecule has 0 aliphatic heterocycles. The van der Waals surface area contributed by atoms with Gasteiger partial charge >= 0.3 is 0 Å². The molecule has 0 aliphatic rings. The fourth-order valence-electron chi connectivity index (χ4n) is 1.61. The molecule has 2 rings (SSSR count). The molecule has 1 amide bonds. The van der Waals surface area contributed by atoms with E-state index < -0.39 is 0 Å². The summed E-state index contributed by atoms with van der Waals surface area (Å²) in [5, 5.41) is 0. The Hall–Kier alpha value is -1.68. The Bertz CT molecular complexity index is 520. The highest BCUT2D eigenvalue weighted by molar-refractivity contribution is 8.00. The molecule has 0 aliphatic carbocycles. The lowest BCUT2D eigenvalue weighted by Crippen LogP contribution is -2.27. The van der Waals surface area contributed by atoms with E-state index >= 15 is 0 Å². The van der Waals surface area contributed by atoms with Gasteiger partial charge in [0.15, 0.2) is 0 Å². The van der Waals surface area contributed by atoms with Crippen molar-refractivity contribution < 1.29 is 9.21 Å². The molecule has 0 fully saturated rings. The molecular weight excluding hydrogens is 258 g/mol. The standard InChI is InChI=1S/C15H17NO2S/c1-12-5-7-14(8-6-12)19-11-15(17)16(2)10-13-4-3-9-18-13/h3-9H,10-11H2,1-2H3. The molecule has 0 radical (unpaired) electrons. The van der Waals surface area contributed by atoms with Crippen LogP contribution in [-0.2, 0) is 11.3 Å². The smallest absolute Gasteiger partial charge is 0.233 e. The van der Waals surface area contributed by atoms with Crippen molar-refractivity contribution in [1.29, 1.82) is 0 Å². The normalized spacial score (nSPS) is 10.4. The number of rotatable bonds is 5. The fraction of sp³-hybridized carbons (Fsp3) is 0.267. The van der Waals surface area contributed by atoms with Crippen LogP contribution in [0.4, 0.5) is 0 Å². The van der Waals surface area contributed by atoms with Crippen LogP contribution in [-0.4, -0.2) is 23.6 Å². The van der Waals surface area contributed by atoms with Crippen molar-refractivity contribution in [3.05, 3.63) is 54.0 Å². The number of thioether (sulfide) groups is 1. The van der Waals surface area contributed by atoms with Gasteiger partial charge in [-0.3, -0.25) is 4.79 Å². The second kappa shape index (κ2) is 6.48. The van der Waals surface area contributed by atoms with Crippen LogP contribution < -0.4 is 0 Å². The summed E-state index contributed by atoms with van der Waals surface area (Å²) in [4.78, 5) is 14.8. The number of aryl methyl sites for hydroxylation is 1. The van der Waals surface area contributed by atoms with Gasteiger partial charge in [-0.05, 0) is 31.2 Å². The summed E-state index contributed by atoms with van der Waals surface area (Å²) in [6, 6.07) is 11.9. The van der Waals surface area contributed by atoms with Crippen LogP contribution in [0.15, 0.2) is 52.0 Å². The van der Waals surface area contributed by atoms with E-state index in [0.717, 1.165) is 10.7 Å². The number of carbonyl (C=O) groups excluding carboxylic acids is 1. The van der Waals surface area contributed by atoms with Crippen LogP contribution in [0.3, 0.4) is 0 Å². The average Bonchev–Trinajstić information content (AvgIpc) is 2.90. The Labute approximate surface area is 117 Å². The summed E-state index contributed by atoms with van der Waals surface area (Å²) >= 11 is 1.56. The minimum Gasteiger partial charge on any atom is -0.467 e. The number of furan rings is 1. The van der Waals surface area contributed by atoms with Crippen molar-refractivity contribution in [3.63, 3.8) is 0 Å². The van der Waals surface area contributed by atoms with Crippen molar-refractivity contribution in [2.24, 2.45) is 0 Å². The molecule has 3 nitrogen and oxygen atoms in total. The maximum absolute atomic E-state index is 12.0. The first-order chi connectivity index (χ1) is 9.15. The maximum atomic E-state index is 12.0. The Morgan fingerprint density at radius 2 is 2.00 bits per heavy atom. The van der Waals surface area contributed by atoms with Gasteiger partial charge in [0.25, 0.3) is 0 Å². The molecular formula is C15H17NO2S. The van der Waals surface area contributed by atoms with Gasteiger partial charge in [-0.25, -0.2) is 0 Å². The predicted octanol–water partition coefficient (Wildman–Crippen LogP) is 3.34. The highest BCUT2D eigenvalue weighted by atomic mass is 32.2. The van der Waals surface area contributed by atoms with Crippen molar-refractivity contribution in [1.82, 2.24) is 4.90 Å². The Balaban J connectivity index is 1.82. The zero-order valence-corrected chi connectivity index (χ0v) is 11.9. The molecule has 0 saturated carbocycles. The number of hydrogen-bond donors (Lipinski definition) is 0. The number of nitrogens with zero attached hydrogens (tertiary/aromatic N) is 1. The van der Waals surface area contributed by atoms with Gasteiger partial charge in [-0.15, -0.1) is 11.8 Å². The van der Waals surface area contributed by atoms with Crippen molar-refractivity contribution in [3.8, 4) is 0 Å². The van der Waals surface area contributed by atoms with Crippen molar-refractivity contribution in [2.45, 2.75) is 18.4 Å². The average molecular weight is 275 g/mol. The van der Waals surface area contributed by atoms with E-state index in [-0.39, 0.29) is 5.91 Å². The monoisotopic (exact) mass is 275 g/mol. The first-order valence-corrected chi connectivity index (χ1v) is 7.09. The highest BCUT2D eigenvalue weighted by Crippen LogP contribution is 2.18. The van der Waals surface area contributed by atoms with Gasteiger partial charge in [0.1, 0.15) is 5.76 Å². The second-order valence-corrected chi connectivity index (χ2v) is 5.48. The van der Waals surface area contributed by atoms with E-state index in [1.54, 1.807) is 30.0 Å². The molecule has 0 bridgehead atoms. The molecule has 1 heterocycles. The molecule has 100 valence electrons. The quantitative estimate of drug-likeness (QED) is 0.785. The lowest BCUT2D eigenvalue weighted by molar-refractivity contribution is -0.127. The lowest BCUT2D eigenvalue weighted by atomic mass is 10.2. The number of benzene rings is 1. The molecule has 0 unspecified atom stereocenters. The van der Waals surface area contributed by atoms with E-state index in [2.05, 4.69) is 19.1 Å². The summed E-state index contributed by atoms with van der Waals surface area (Å²) < 4.78 is 5.23. The summed E-state index contributed by atoms with van der Waals surface area (Å²) in [6.07, 6.45) is 1.62. The lowest BCUT2D eigenvalue weighted by Gasteiger charge is -2.15. The minimum absolute atomic E-state index is 0.0991. The van der Waals surface area contributed by atoms with Gasteiger partial charge < -0.3 is 9.32 Å². The second-order valence-electron chi connectivity index (χ2n) is 4.43. The first kappa shape index (κ1) is 13.7. The highest BCUT2D eigenvalue weighted by Gasteiger charge is 2.10. The molecule has 1 aromatic carbocycles. The van der Waals surface area contributed by atoms with E-state index in [1.165, 1.54) is 5.56 Å². The van der Waals surface area contributed by atoms with Crippen LogP contribution in [0, 0.1) is 6.92 Å². The Morgan fingerprint density at radius 1 is 1.26 bits per heavy atom. The molecule has 0 spiro atoms. The van der Waals surface area contributed by atoms with Crippen LogP contribution in [0.1, 0.15) is 11.3 Å². The largest absolute Gasteiger partial charge is 0.467 e. The summed E-state index contributed by atoms with van der Waals surface area (Å²) in [5.41, 5.74) is 1.23. The zero-order valence-electron chi connectivity index (χ0n) is 11.1. The molecule has 1 aromatic heterocycles. The third kappa shape index (κ3) is 4.17. The summed E-state index contributed by atoms with van der Waals surface area (Å²) in [7, 11) is 1.79. The van der Waals surface area contributed by atoms with E-state index in [0.29, 0.717) is 12.3 Å². The van der Waals surface area contributed by atoms with Crippen molar-refractivity contribution in [2.75, 3.05) is 12.8 Å². The van der Waals surface area contributed by atoms with Gasteiger partial charge in [0.2, 0.25) is 5.91 Å². The predicted molar refractivity (Wildman–Crippen MR) is 77.1 cm³/mol. The van der Waals surface area contributed by atoms with Crippen LogP contribution in [0.2, 0.25) is 0 Å². The third-order valence-electron chi connectivity index (χ3n) is 2.78. The fourth-order valence-corrected chi connectivity index (χ4v) is 2.45. The van der Waals surface area contributed by atoms with Gasteiger partial charge in [0.05, 0.1) is 18.6 Å². The topological polar surface area (TPSA) is 33.5 Å².